The van der Waals surface area contributed by atoms with Crippen LogP contribution >= 0.6 is 23.1 Å². The van der Waals surface area contributed by atoms with Crippen molar-refractivity contribution in [1.82, 2.24) is 10.2 Å². The second-order valence-electron chi connectivity index (χ2n) is 4.22. The lowest BCUT2D eigenvalue weighted by atomic mass is 10.2. The third-order valence-electron chi connectivity index (χ3n) is 2.32. The van der Waals surface area contributed by atoms with E-state index in [-0.39, 0.29) is 5.91 Å². The van der Waals surface area contributed by atoms with Gasteiger partial charge < -0.3 is 0 Å². The topological polar surface area (TPSA) is 101 Å². The third kappa shape index (κ3) is 4.97. The quantitative estimate of drug-likeness (QED) is 0.607. The molecule has 0 radical (unpaired) electrons. The Balaban J connectivity index is 2.10. The van der Waals surface area contributed by atoms with Crippen molar-refractivity contribution in [2.45, 2.75) is 11.3 Å². The first-order chi connectivity index (χ1) is 10.4. The molecule has 10 heteroatoms. The average Bonchev–Trinajstić information content (AvgIpc) is 2.85. The molecule has 0 fully saturated rings. The minimum atomic E-state index is -3.39. The van der Waals surface area contributed by atoms with E-state index in [2.05, 4.69) is 20.2 Å². The Kier molecular flexibility index (Phi) is 5.37. The van der Waals surface area contributed by atoms with Crippen LogP contribution in [0.15, 0.2) is 28.6 Å². The van der Waals surface area contributed by atoms with Crippen LogP contribution in [0.5, 0.6) is 0 Å². The molecule has 118 valence electrons. The molecule has 1 heterocycles. The Morgan fingerprint density at radius 2 is 2.14 bits per heavy atom. The molecule has 0 aliphatic heterocycles. The van der Waals surface area contributed by atoms with E-state index in [1.165, 1.54) is 17.4 Å². The number of aromatic nitrogens is 2. The van der Waals surface area contributed by atoms with Crippen molar-refractivity contribution < 1.29 is 13.2 Å². The van der Waals surface area contributed by atoms with E-state index in [4.69, 9.17) is 0 Å². The Labute approximate surface area is 136 Å². The molecule has 0 saturated heterocycles. The lowest BCUT2D eigenvalue weighted by molar-refractivity contribution is 0.102. The summed E-state index contributed by atoms with van der Waals surface area (Å²) < 4.78 is 25.5. The maximum atomic E-state index is 12.1. The fourth-order valence-corrected chi connectivity index (χ4v) is 3.75. The first-order valence-corrected chi connectivity index (χ1v) is 9.92. The number of amides is 1. The van der Waals surface area contributed by atoms with E-state index >= 15 is 0 Å². The van der Waals surface area contributed by atoms with E-state index in [1.54, 1.807) is 30.0 Å². The highest BCUT2D eigenvalue weighted by atomic mass is 32.2. The number of nitrogens with one attached hydrogen (secondary N) is 2. The van der Waals surface area contributed by atoms with Crippen LogP contribution in [-0.2, 0) is 10.0 Å². The molecule has 1 aromatic carbocycles. The van der Waals surface area contributed by atoms with Crippen molar-refractivity contribution in [2.75, 3.05) is 22.0 Å². The monoisotopic (exact) mass is 358 g/mol. The summed E-state index contributed by atoms with van der Waals surface area (Å²) in [6.07, 6.45) is 1.05. The smallest absolute Gasteiger partial charge is 0.257 e. The molecule has 22 heavy (non-hydrogen) atoms. The molecular formula is C12H14N4O3S3. The van der Waals surface area contributed by atoms with Gasteiger partial charge in [-0.25, -0.2) is 8.42 Å². The van der Waals surface area contributed by atoms with Gasteiger partial charge in [0.15, 0.2) is 4.34 Å². The highest BCUT2D eigenvalue weighted by Crippen LogP contribution is 2.25. The SMILES string of the molecule is CCSc1nnc(NC(=O)c2cccc(NS(C)(=O)=O)c2)s1. The van der Waals surface area contributed by atoms with Gasteiger partial charge >= 0.3 is 0 Å². The molecule has 0 bridgehead atoms. The number of carbonyl (C=O) groups is 1. The van der Waals surface area contributed by atoms with Gasteiger partial charge in [0, 0.05) is 11.3 Å². The predicted octanol–water partition coefficient (Wildman–Crippen LogP) is 2.27. The van der Waals surface area contributed by atoms with Crippen LogP contribution < -0.4 is 10.0 Å². The molecule has 2 aromatic rings. The Hall–Kier alpha value is -1.65. The number of hydrogen-bond acceptors (Lipinski definition) is 7. The summed E-state index contributed by atoms with van der Waals surface area (Å²) in [5.41, 5.74) is 0.656. The van der Waals surface area contributed by atoms with Crippen LogP contribution in [0.1, 0.15) is 17.3 Å². The van der Waals surface area contributed by atoms with Gasteiger partial charge in [-0.05, 0) is 24.0 Å². The van der Waals surface area contributed by atoms with E-state index in [0.29, 0.717) is 16.4 Å². The van der Waals surface area contributed by atoms with Crippen LogP contribution in [0, 0.1) is 0 Å². The second-order valence-corrected chi connectivity index (χ2v) is 8.45. The Bertz CT molecular complexity index is 773. The predicted molar refractivity (Wildman–Crippen MR) is 89.2 cm³/mol. The largest absolute Gasteiger partial charge is 0.296 e. The molecule has 2 N–H and O–H groups in total. The summed E-state index contributed by atoms with van der Waals surface area (Å²) in [7, 11) is -3.39. The van der Waals surface area contributed by atoms with Gasteiger partial charge in [-0.1, -0.05) is 36.1 Å². The summed E-state index contributed by atoms with van der Waals surface area (Å²) in [5.74, 6) is 0.503. The lowest BCUT2D eigenvalue weighted by Crippen LogP contribution is -2.13. The molecule has 1 amide bonds. The van der Waals surface area contributed by atoms with Gasteiger partial charge in [0.05, 0.1) is 6.26 Å². The molecule has 0 aliphatic rings. The van der Waals surface area contributed by atoms with Crippen molar-refractivity contribution in [3.63, 3.8) is 0 Å². The van der Waals surface area contributed by atoms with E-state index in [9.17, 15) is 13.2 Å². The van der Waals surface area contributed by atoms with E-state index in [0.717, 1.165) is 16.3 Å². The van der Waals surface area contributed by atoms with Gasteiger partial charge in [0.25, 0.3) is 5.91 Å². The number of sulfonamides is 1. The summed E-state index contributed by atoms with van der Waals surface area (Å²) in [6.45, 7) is 2.00. The van der Waals surface area contributed by atoms with Gasteiger partial charge in [0.1, 0.15) is 0 Å². The van der Waals surface area contributed by atoms with Crippen molar-refractivity contribution in [2.24, 2.45) is 0 Å². The van der Waals surface area contributed by atoms with Crippen molar-refractivity contribution >= 4 is 49.8 Å². The summed E-state index contributed by atoms with van der Waals surface area (Å²) in [5, 5.41) is 10.9. The molecule has 1 aromatic heterocycles. The molecule has 2 rings (SSSR count). The zero-order valence-electron chi connectivity index (χ0n) is 11.9. The van der Waals surface area contributed by atoms with Gasteiger partial charge in [0.2, 0.25) is 15.2 Å². The normalized spacial score (nSPS) is 11.2. The van der Waals surface area contributed by atoms with Gasteiger partial charge in [-0.15, -0.1) is 10.2 Å². The lowest BCUT2D eigenvalue weighted by Gasteiger charge is -2.06. The fourth-order valence-electron chi connectivity index (χ4n) is 1.55. The Morgan fingerprint density at radius 3 is 2.82 bits per heavy atom. The molecule has 0 spiro atoms. The molecule has 0 unspecified atom stereocenters. The highest BCUT2D eigenvalue weighted by molar-refractivity contribution is 8.01. The number of benzene rings is 1. The standard InChI is InChI=1S/C12H14N4O3S3/c1-3-20-12-15-14-11(21-12)13-10(17)8-5-4-6-9(7-8)16-22(2,18)19/h4-7,16H,3H2,1-2H3,(H,13,14,17). The summed E-state index contributed by atoms with van der Waals surface area (Å²) in [6, 6.07) is 6.21. The minimum Gasteiger partial charge on any atom is -0.296 e. The molecule has 0 aliphatic carbocycles. The third-order valence-corrected chi connectivity index (χ3v) is 4.78. The molecule has 0 saturated carbocycles. The molecule has 0 atom stereocenters. The van der Waals surface area contributed by atoms with Crippen LogP contribution in [0.3, 0.4) is 0 Å². The van der Waals surface area contributed by atoms with Crippen molar-refractivity contribution in [1.29, 1.82) is 0 Å². The van der Waals surface area contributed by atoms with Crippen LogP contribution in [0.25, 0.3) is 0 Å². The van der Waals surface area contributed by atoms with Crippen LogP contribution in [-0.4, -0.2) is 36.5 Å². The number of hydrogen-bond donors (Lipinski definition) is 2. The van der Waals surface area contributed by atoms with Gasteiger partial charge in [-0.2, -0.15) is 0 Å². The Morgan fingerprint density at radius 1 is 1.36 bits per heavy atom. The highest BCUT2D eigenvalue weighted by Gasteiger charge is 2.11. The second kappa shape index (κ2) is 7.07. The number of rotatable bonds is 6. The molecule has 7 nitrogen and oxygen atoms in total. The number of thioether (sulfide) groups is 1. The first kappa shape index (κ1) is 16.7. The summed E-state index contributed by atoms with van der Waals surface area (Å²) in [4.78, 5) is 12.1. The summed E-state index contributed by atoms with van der Waals surface area (Å²) >= 11 is 2.84. The average molecular weight is 358 g/mol. The van der Waals surface area contributed by atoms with E-state index < -0.39 is 10.0 Å². The van der Waals surface area contributed by atoms with E-state index in [1.807, 2.05) is 6.92 Å². The maximum absolute atomic E-state index is 12.1. The van der Waals surface area contributed by atoms with Crippen molar-refractivity contribution in [3.8, 4) is 0 Å². The number of anilines is 2. The minimum absolute atomic E-state index is 0.327. The van der Waals surface area contributed by atoms with Crippen LogP contribution in [0.4, 0.5) is 10.8 Å². The van der Waals surface area contributed by atoms with Crippen molar-refractivity contribution in [3.05, 3.63) is 29.8 Å². The number of carbonyl (C=O) groups excluding carboxylic acids is 1. The maximum Gasteiger partial charge on any atom is 0.257 e. The van der Waals surface area contributed by atoms with Crippen LogP contribution in [0.2, 0.25) is 0 Å². The fraction of sp³-hybridized carbons (Fsp3) is 0.250. The molecular weight excluding hydrogens is 344 g/mol. The number of nitrogens with zero attached hydrogens (tertiary/aromatic N) is 2. The zero-order chi connectivity index (χ0) is 16.2. The first-order valence-electron chi connectivity index (χ1n) is 6.23. The van der Waals surface area contributed by atoms with Gasteiger partial charge in [-0.3, -0.25) is 14.8 Å². The zero-order valence-corrected chi connectivity index (χ0v) is 14.3.